The number of oxazole rings is 1. The van der Waals surface area contributed by atoms with Gasteiger partial charge in [-0.05, 0) is 49.4 Å². The van der Waals surface area contributed by atoms with Crippen LogP contribution in [-0.4, -0.2) is 24.2 Å². The molecule has 0 radical (unpaired) electrons. The number of fused-ring (bicyclic) bond motifs is 1. The minimum absolute atomic E-state index is 0.287. The van der Waals surface area contributed by atoms with Gasteiger partial charge in [-0.15, -0.1) is 0 Å². The minimum Gasteiger partial charge on any atom is -0.497 e. The molecule has 0 aliphatic heterocycles. The van der Waals surface area contributed by atoms with Crippen LogP contribution in [0, 0.1) is 6.92 Å². The first-order valence-corrected chi connectivity index (χ1v) is 8.83. The van der Waals surface area contributed by atoms with Crippen molar-refractivity contribution in [2.45, 2.75) is 13.5 Å². The predicted octanol–water partition coefficient (Wildman–Crippen LogP) is 4.79. The molecular weight excluding hydrogens is 356 g/mol. The molecular formula is C22H20N2O4. The highest BCUT2D eigenvalue weighted by Gasteiger charge is 2.11. The van der Waals surface area contributed by atoms with E-state index in [0.717, 1.165) is 39.4 Å². The Bertz CT molecular complexity index is 1100. The van der Waals surface area contributed by atoms with E-state index >= 15 is 0 Å². The summed E-state index contributed by atoms with van der Waals surface area (Å²) in [4.78, 5) is 9.06. The maximum Gasteiger partial charge on any atom is 0.226 e. The third kappa shape index (κ3) is 3.62. The molecule has 2 heterocycles. The average molecular weight is 376 g/mol. The molecule has 0 atom stereocenters. The van der Waals surface area contributed by atoms with Gasteiger partial charge in [-0.1, -0.05) is 0 Å². The van der Waals surface area contributed by atoms with Crippen molar-refractivity contribution in [1.82, 2.24) is 9.97 Å². The standard InChI is InChI=1S/C22H20N2O4/c1-14-10-21(19-11-18(26-3)8-9-20(19)23-14)27-12-16-13-28-22(24-16)15-4-6-17(25-2)7-5-15/h4-11,13H,12H2,1-3H3. The molecule has 0 fully saturated rings. The number of rotatable bonds is 6. The summed E-state index contributed by atoms with van der Waals surface area (Å²) >= 11 is 0. The van der Waals surface area contributed by atoms with Crippen molar-refractivity contribution in [3.8, 4) is 28.7 Å². The molecule has 0 bridgehead atoms. The molecule has 142 valence electrons. The first-order valence-electron chi connectivity index (χ1n) is 8.83. The number of hydrogen-bond acceptors (Lipinski definition) is 6. The Kier molecular flexibility index (Phi) is 4.85. The Balaban J connectivity index is 1.55. The quantitative estimate of drug-likeness (QED) is 0.482. The average Bonchev–Trinajstić information content (AvgIpc) is 3.20. The lowest BCUT2D eigenvalue weighted by Crippen LogP contribution is -1.98. The van der Waals surface area contributed by atoms with Crippen LogP contribution < -0.4 is 14.2 Å². The molecule has 0 unspecified atom stereocenters. The van der Waals surface area contributed by atoms with E-state index in [2.05, 4.69) is 9.97 Å². The second-order valence-corrected chi connectivity index (χ2v) is 6.31. The molecule has 4 aromatic rings. The summed E-state index contributed by atoms with van der Waals surface area (Å²) in [6.45, 7) is 2.23. The Hall–Kier alpha value is -3.54. The lowest BCUT2D eigenvalue weighted by Gasteiger charge is -2.10. The first-order chi connectivity index (χ1) is 13.7. The van der Waals surface area contributed by atoms with Crippen LogP contribution in [-0.2, 0) is 6.61 Å². The van der Waals surface area contributed by atoms with E-state index in [4.69, 9.17) is 18.6 Å². The largest absolute Gasteiger partial charge is 0.497 e. The topological polar surface area (TPSA) is 66.6 Å². The third-order valence-electron chi connectivity index (χ3n) is 4.37. The Morgan fingerprint density at radius 2 is 1.64 bits per heavy atom. The van der Waals surface area contributed by atoms with Crippen LogP contribution in [0.25, 0.3) is 22.4 Å². The van der Waals surface area contributed by atoms with Crippen LogP contribution >= 0.6 is 0 Å². The highest BCUT2D eigenvalue weighted by Crippen LogP contribution is 2.30. The fraction of sp³-hybridized carbons (Fsp3) is 0.182. The van der Waals surface area contributed by atoms with Crippen LogP contribution in [0.1, 0.15) is 11.4 Å². The van der Waals surface area contributed by atoms with Gasteiger partial charge in [-0.2, -0.15) is 0 Å². The van der Waals surface area contributed by atoms with Gasteiger partial charge in [0.05, 0.1) is 19.7 Å². The molecule has 0 saturated carbocycles. The normalized spacial score (nSPS) is 10.8. The van der Waals surface area contributed by atoms with Crippen molar-refractivity contribution in [2.75, 3.05) is 14.2 Å². The van der Waals surface area contributed by atoms with Crippen molar-refractivity contribution < 1.29 is 18.6 Å². The molecule has 6 nitrogen and oxygen atoms in total. The number of pyridine rings is 1. The molecule has 6 heteroatoms. The van der Waals surface area contributed by atoms with Crippen LogP contribution in [0.5, 0.6) is 17.2 Å². The van der Waals surface area contributed by atoms with E-state index in [1.54, 1.807) is 20.5 Å². The van der Waals surface area contributed by atoms with E-state index in [1.807, 2.05) is 55.5 Å². The summed E-state index contributed by atoms with van der Waals surface area (Å²) in [6, 6.07) is 15.2. The number of hydrogen-bond donors (Lipinski definition) is 0. The molecule has 0 aliphatic rings. The van der Waals surface area contributed by atoms with Crippen molar-refractivity contribution in [3.05, 3.63) is 66.2 Å². The lowest BCUT2D eigenvalue weighted by atomic mass is 10.1. The molecule has 0 N–H and O–H groups in total. The SMILES string of the molecule is COc1ccc(-c2nc(COc3cc(C)nc4ccc(OC)cc34)co2)cc1. The summed E-state index contributed by atoms with van der Waals surface area (Å²) in [7, 11) is 3.27. The molecule has 28 heavy (non-hydrogen) atoms. The van der Waals surface area contributed by atoms with Crippen LogP contribution in [0.4, 0.5) is 0 Å². The zero-order valence-electron chi connectivity index (χ0n) is 15.9. The number of aryl methyl sites for hydroxylation is 1. The van der Waals surface area contributed by atoms with Gasteiger partial charge >= 0.3 is 0 Å². The van der Waals surface area contributed by atoms with E-state index in [9.17, 15) is 0 Å². The van der Waals surface area contributed by atoms with Crippen LogP contribution in [0.2, 0.25) is 0 Å². The van der Waals surface area contributed by atoms with Crippen LogP contribution in [0.3, 0.4) is 0 Å². The molecule has 2 aromatic carbocycles. The highest BCUT2D eigenvalue weighted by atomic mass is 16.5. The molecule has 0 amide bonds. The highest BCUT2D eigenvalue weighted by molar-refractivity contribution is 5.86. The van der Waals surface area contributed by atoms with Crippen LogP contribution in [0.15, 0.2) is 59.2 Å². The smallest absolute Gasteiger partial charge is 0.226 e. The van der Waals surface area contributed by atoms with Crippen molar-refractivity contribution in [2.24, 2.45) is 0 Å². The summed E-state index contributed by atoms with van der Waals surface area (Å²) in [5, 5.41) is 0.892. The van der Waals surface area contributed by atoms with E-state index in [0.29, 0.717) is 11.6 Å². The van der Waals surface area contributed by atoms with E-state index in [-0.39, 0.29) is 6.61 Å². The maximum absolute atomic E-state index is 6.03. The number of nitrogens with zero attached hydrogens (tertiary/aromatic N) is 2. The monoisotopic (exact) mass is 376 g/mol. The molecule has 0 aliphatic carbocycles. The van der Waals surface area contributed by atoms with E-state index in [1.165, 1.54) is 0 Å². The first kappa shape index (κ1) is 17.9. The number of aromatic nitrogens is 2. The molecule has 2 aromatic heterocycles. The van der Waals surface area contributed by atoms with Gasteiger partial charge < -0.3 is 18.6 Å². The van der Waals surface area contributed by atoms with Gasteiger partial charge in [0.15, 0.2) is 0 Å². The summed E-state index contributed by atoms with van der Waals surface area (Å²) in [5.41, 5.74) is 3.32. The fourth-order valence-corrected chi connectivity index (χ4v) is 2.94. The van der Waals surface area contributed by atoms with Gasteiger partial charge in [0, 0.05) is 22.7 Å². The zero-order chi connectivity index (χ0) is 19.5. The van der Waals surface area contributed by atoms with Crippen molar-refractivity contribution in [1.29, 1.82) is 0 Å². The lowest BCUT2D eigenvalue weighted by molar-refractivity contribution is 0.304. The second-order valence-electron chi connectivity index (χ2n) is 6.31. The zero-order valence-corrected chi connectivity index (χ0v) is 15.9. The van der Waals surface area contributed by atoms with Gasteiger partial charge in [0.2, 0.25) is 5.89 Å². The van der Waals surface area contributed by atoms with Crippen molar-refractivity contribution in [3.63, 3.8) is 0 Å². The number of methoxy groups -OCH3 is 2. The summed E-state index contributed by atoms with van der Waals surface area (Å²) in [6.07, 6.45) is 1.61. The Morgan fingerprint density at radius 1 is 0.893 bits per heavy atom. The van der Waals surface area contributed by atoms with Crippen molar-refractivity contribution >= 4 is 10.9 Å². The minimum atomic E-state index is 0.287. The molecule has 4 rings (SSSR count). The molecule has 0 saturated heterocycles. The fourth-order valence-electron chi connectivity index (χ4n) is 2.94. The summed E-state index contributed by atoms with van der Waals surface area (Å²) in [5.74, 6) is 2.81. The van der Waals surface area contributed by atoms with Gasteiger partial charge in [-0.3, -0.25) is 4.98 Å². The van der Waals surface area contributed by atoms with E-state index < -0.39 is 0 Å². The Morgan fingerprint density at radius 3 is 2.39 bits per heavy atom. The number of ether oxygens (including phenoxy) is 3. The van der Waals surface area contributed by atoms with Gasteiger partial charge in [0.25, 0.3) is 0 Å². The Labute approximate surface area is 162 Å². The maximum atomic E-state index is 6.03. The molecule has 0 spiro atoms. The second kappa shape index (κ2) is 7.60. The summed E-state index contributed by atoms with van der Waals surface area (Å²) < 4.78 is 22.1. The third-order valence-corrected chi connectivity index (χ3v) is 4.37. The van der Waals surface area contributed by atoms with Gasteiger partial charge in [0.1, 0.15) is 35.8 Å². The number of benzene rings is 2. The predicted molar refractivity (Wildman–Crippen MR) is 106 cm³/mol. The van der Waals surface area contributed by atoms with Gasteiger partial charge in [-0.25, -0.2) is 4.98 Å².